The summed E-state index contributed by atoms with van der Waals surface area (Å²) in [4.78, 5) is 14.6. The molecule has 1 fully saturated rings. The van der Waals surface area contributed by atoms with Crippen LogP contribution in [0.5, 0.6) is 0 Å². The summed E-state index contributed by atoms with van der Waals surface area (Å²) in [6.07, 6.45) is 7.22. The lowest BCUT2D eigenvalue weighted by atomic mass is 10.0. The van der Waals surface area contributed by atoms with Gasteiger partial charge >= 0.3 is 5.97 Å². The van der Waals surface area contributed by atoms with Gasteiger partial charge in [-0.2, -0.15) is 0 Å². The number of fused-ring (bicyclic) bond motifs is 1. The van der Waals surface area contributed by atoms with Crippen LogP contribution >= 0.6 is 0 Å². The maximum absolute atomic E-state index is 12.4. The highest BCUT2D eigenvalue weighted by molar-refractivity contribution is 6.05. The highest BCUT2D eigenvalue weighted by Gasteiger charge is 2.23. The van der Waals surface area contributed by atoms with Crippen molar-refractivity contribution in [1.29, 1.82) is 0 Å². The number of ether oxygens (including phenoxy) is 1. The van der Waals surface area contributed by atoms with Gasteiger partial charge in [0.1, 0.15) is 11.5 Å². The minimum atomic E-state index is -0.347. The highest BCUT2D eigenvalue weighted by Crippen LogP contribution is 2.31. The van der Waals surface area contributed by atoms with Crippen LogP contribution in [0.15, 0.2) is 64.6 Å². The maximum Gasteiger partial charge on any atom is 0.343 e. The van der Waals surface area contributed by atoms with Crippen LogP contribution in [0.25, 0.3) is 22.6 Å². The highest BCUT2D eigenvalue weighted by atomic mass is 16.5. The summed E-state index contributed by atoms with van der Waals surface area (Å²) in [5.74, 6) is 1.77. The fourth-order valence-electron chi connectivity index (χ4n) is 4.01. The first-order valence-corrected chi connectivity index (χ1v) is 10.2. The Morgan fingerprint density at radius 3 is 2.59 bits per heavy atom. The van der Waals surface area contributed by atoms with Crippen LogP contribution < -0.4 is 4.90 Å². The summed E-state index contributed by atoms with van der Waals surface area (Å²) in [6.45, 7) is 4.13. The molecular formula is C25H23NO3. The summed E-state index contributed by atoms with van der Waals surface area (Å²) >= 11 is 0. The van der Waals surface area contributed by atoms with Crippen LogP contribution in [0.1, 0.15) is 36.1 Å². The molecule has 0 saturated carbocycles. The van der Waals surface area contributed by atoms with Gasteiger partial charge in [-0.05, 0) is 61.2 Å². The van der Waals surface area contributed by atoms with E-state index in [4.69, 9.17) is 9.15 Å². The van der Waals surface area contributed by atoms with E-state index in [2.05, 4.69) is 42.2 Å². The minimum Gasteiger partial charge on any atom is -0.441 e. The fourth-order valence-corrected chi connectivity index (χ4v) is 4.01. The van der Waals surface area contributed by atoms with Crippen LogP contribution in [0.2, 0.25) is 0 Å². The Bertz CT molecular complexity index is 1150. The molecule has 4 heteroatoms. The second-order valence-electron chi connectivity index (χ2n) is 7.79. The molecule has 3 heterocycles. The molecule has 0 aliphatic carbocycles. The first-order valence-electron chi connectivity index (χ1n) is 10.2. The van der Waals surface area contributed by atoms with Crippen LogP contribution in [0.3, 0.4) is 0 Å². The van der Waals surface area contributed by atoms with Crippen LogP contribution in [-0.2, 0) is 9.53 Å². The average Bonchev–Trinajstić information content (AvgIpc) is 3.35. The molecule has 0 spiro atoms. The summed E-state index contributed by atoms with van der Waals surface area (Å²) < 4.78 is 11.5. The lowest BCUT2D eigenvalue weighted by molar-refractivity contribution is -0.130. The number of anilines is 1. The number of benzene rings is 2. The van der Waals surface area contributed by atoms with Gasteiger partial charge < -0.3 is 14.1 Å². The van der Waals surface area contributed by atoms with Crippen LogP contribution in [0.4, 0.5) is 5.88 Å². The van der Waals surface area contributed by atoms with Crippen molar-refractivity contribution < 1.29 is 13.9 Å². The summed E-state index contributed by atoms with van der Waals surface area (Å²) in [5.41, 5.74) is 2.62. The van der Waals surface area contributed by atoms with Crippen molar-refractivity contribution in [3.63, 3.8) is 0 Å². The van der Waals surface area contributed by atoms with Gasteiger partial charge in [0.25, 0.3) is 0 Å². The first-order chi connectivity index (χ1) is 14.2. The van der Waals surface area contributed by atoms with Crippen molar-refractivity contribution in [2.45, 2.75) is 26.2 Å². The molecule has 0 radical (unpaired) electrons. The number of hydrogen-bond donors (Lipinski definition) is 0. The van der Waals surface area contributed by atoms with Gasteiger partial charge in [-0.3, -0.25) is 0 Å². The van der Waals surface area contributed by atoms with Crippen molar-refractivity contribution in [3.05, 3.63) is 77.1 Å². The third-order valence-electron chi connectivity index (χ3n) is 5.58. The van der Waals surface area contributed by atoms with E-state index >= 15 is 0 Å². The quantitative estimate of drug-likeness (QED) is 0.428. The lowest BCUT2D eigenvalue weighted by Crippen LogP contribution is -2.28. The van der Waals surface area contributed by atoms with Crippen molar-refractivity contribution in [3.8, 4) is 0 Å². The molecule has 4 nitrogen and oxygen atoms in total. The third-order valence-corrected chi connectivity index (χ3v) is 5.58. The second-order valence-corrected chi connectivity index (χ2v) is 7.79. The normalized spacial score (nSPS) is 18.4. The number of aryl methyl sites for hydroxylation is 1. The maximum atomic E-state index is 12.4. The molecule has 0 amide bonds. The van der Waals surface area contributed by atoms with Crippen molar-refractivity contribution in [2.24, 2.45) is 0 Å². The average molecular weight is 385 g/mol. The third kappa shape index (κ3) is 3.58. The van der Waals surface area contributed by atoms with Crippen molar-refractivity contribution in [2.75, 3.05) is 18.0 Å². The summed E-state index contributed by atoms with van der Waals surface area (Å²) in [6, 6.07) is 16.3. The molecule has 0 bridgehead atoms. The number of carbonyl (C=O) groups excluding carboxylic acids is 1. The number of hydrogen-bond acceptors (Lipinski definition) is 4. The zero-order chi connectivity index (χ0) is 19.8. The van der Waals surface area contributed by atoms with Crippen LogP contribution in [0, 0.1) is 6.92 Å². The molecule has 29 heavy (non-hydrogen) atoms. The van der Waals surface area contributed by atoms with E-state index in [1.807, 2.05) is 18.2 Å². The van der Waals surface area contributed by atoms with Crippen LogP contribution in [-0.4, -0.2) is 19.1 Å². The number of nitrogens with zero attached hydrogens (tertiary/aromatic N) is 1. The molecule has 0 unspecified atom stereocenters. The molecule has 0 atom stereocenters. The molecular weight excluding hydrogens is 362 g/mol. The van der Waals surface area contributed by atoms with E-state index in [1.54, 1.807) is 12.2 Å². The molecule has 1 aromatic heterocycles. The summed E-state index contributed by atoms with van der Waals surface area (Å²) in [5, 5.41) is 2.30. The van der Waals surface area contributed by atoms with Gasteiger partial charge in [0, 0.05) is 24.7 Å². The molecule has 2 aromatic carbocycles. The van der Waals surface area contributed by atoms with Gasteiger partial charge in [-0.1, -0.05) is 35.9 Å². The lowest BCUT2D eigenvalue weighted by Gasteiger charge is -2.25. The molecule has 0 N–H and O–H groups in total. The number of rotatable bonds is 3. The summed E-state index contributed by atoms with van der Waals surface area (Å²) in [7, 11) is 0. The Hall–Kier alpha value is -3.27. The molecule has 1 saturated heterocycles. The smallest absolute Gasteiger partial charge is 0.343 e. The number of cyclic esters (lactones) is 1. The largest absolute Gasteiger partial charge is 0.441 e. The minimum absolute atomic E-state index is 0.347. The standard InChI is InChI=1S/C25H23NO3/c1-17-5-6-19-14-20(8-7-18(19)13-17)23-16-21(25(27)29-23)15-22-9-10-24(28-22)26-11-3-2-4-12-26/h5-10,13-16H,2-4,11-12H2,1H3/b21-15-. The van der Waals surface area contributed by atoms with Crippen molar-refractivity contribution >= 4 is 34.5 Å². The Labute approximate surface area is 170 Å². The van der Waals surface area contributed by atoms with Gasteiger partial charge in [0.2, 0.25) is 0 Å². The van der Waals surface area contributed by atoms with E-state index in [-0.39, 0.29) is 5.97 Å². The molecule has 5 rings (SSSR count). The van der Waals surface area contributed by atoms with E-state index < -0.39 is 0 Å². The zero-order valence-electron chi connectivity index (χ0n) is 16.5. The number of furan rings is 1. The second kappa shape index (κ2) is 7.28. The number of piperidine rings is 1. The Kier molecular flexibility index (Phi) is 4.47. The molecule has 2 aliphatic rings. The van der Waals surface area contributed by atoms with E-state index in [1.165, 1.54) is 30.2 Å². The van der Waals surface area contributed by atoms with Gasteiger partial charge in [-0.15, -0.1) is 0 Å². The predicted octanol–water partition coefficient (Wildman–Crippen LogP) is 5.71. The first kappa shape index (κ1) is 17.8. The SMILES string of the molecule is Cc1ccc2cc(C3=C/C(=C/c4ccc(N5CCCCC5)o4)C(=O)O3)ccc2c1. The van der Waals surface area contributed by atoms with E-state index in [0.717, 1.165) is 29.9 Å². The predicted molar refractivity (Wildman–Crippen MR) is 116 cm³/mol. The molecule has 146 valence electrons. The monoisotopic (exact) mass is 385 g/mol. The topological polar surface area (TPSA) is 42.7 Å². The number of esters is 1. The molecule has 3 aromatic rings. The molecule has 2 aliphatic heterocycles. The zero-order valence-corrected chi connectivity index (χ0v) is 16.5. The fraction of sp³-hybridized carbons (Fsp3) is 0.240. The van der Waals surface area contributed by atoms with Gasteiger partial charge in [0.15, 0.2) is 5.88 Å². The van der Waals surface area contributed by atoms with Gasteiger partial charge in [0.05, 0.1) is 5.57 Å². The number of carbonyl (C=O) groups is 1. The Balaban J connectivity index is 1.41. The van der Waals surface area contributed by atoms with Gasteiger partial charge in [-0.25, -0.2) is 4.79 Å². The Morgan fingerprint density at radius 1 is 0.931 bits per heavy atom. The van der Waals surface area contributed by atoms with E-state index in [0.29, 0.717) is 17.1 Å². The van der Waals surface area contributed by atoms with E-state index in [9.17, 15) is 4.79 Å². The Morgan fingerprint density at radius 2 is 1.72 bits per heavy atom. The van der Waals surface area contributed by atoms with Crippen molar-refractivity contribution in [1.82, 2.24) is 0 Å².